The molecule has 0 bridgehead atoms. The van der Waals surface area contributed by atoms with Crippen LogP contribution in [0, 0.1) is 0 Å². The second-order valence-corrected chi connectivity index (χ2v) is 10.4. The Labute approximate surface area is 205 Å². The van der Waals surface area contributed by atoms with E-state index < -0.39 is 28.5 Å². The van der Waals surface area contributed by atoms with Crippen LogP contribution >= 0.6 is 23.2 Å². The summed E-state index contributed by atoms with van der Waals surface area (Å²) in [5.41, 5.74) is 2.08. The zero-order valence-corrected chi connectivity index (χ0v) is 21.5. The van der Waals surface area contributed by atoms with Gasteiger partial charge in [-0.05, 0) is 55.7 Å². The molecular formula is C23H29Cl2N3O4S. The Bertz CT molecular complexity index is 1090. The van der Waals surface area contributed by atoms with Gasteiger partial charge in [-0.1, -0.05) is 48.3 Å². The van der Waals surface area contributed by atoms with Crippen molar-refractivity contribution in [1.29, 1.82) is 0 Å². The highest BCUT2D eigenvalue weighted by atomic mass is 35.5. The van der Waals surface area contributed by atoms with E-state index in [0.717, 1.165) is 22.5 Å². The second kappa shape index (κ2) is 11.7. The number of anilines is 1. The van der Waals surface area contributed by atoms with Gasteiger partial charge in [-0.2, -0.15) is 0 Å². The molecule has 0 radical (unpaired) electrons. The van der Waals surface area contributed by atoms with Gasteiger partial charge in [-0.15, -0.1) is 0 Å². The van der Waals surface area contributed by atoms with Crippen molar-refractivity contribution in [3.8, 4) is 0 Å². The first-order valence-electron chi connectivity index (χ1n) is 10.6. The monoisotopic (exact) mass is 513 g/mol. The maximum absolute atomic E-state index is 13.4. The van der Waals surface area contributed by atoms with Gasteiger partial charge >= 0.3 is 0 Å². The first-order valence-corrected chi connectivity index (χ1v) is 13.2. The Hall–Kier alpha value is -2.29. The van der Waals surface area contributed by atoms with Crippen LogP contribution in [0.2, 0.25) is 10.0 Å². The number of likely N-dealkylation sites (N-methyl/N-ethyl adjacent to an activating group) is 1. The molecule has 0 saturated carbocycles. The third-order valence-corrected chi connectivity index (χ3v) is 7.05. The maximum Gasteiger partial charge on any atom is 0.244 e. The van der Waals surface area contributed by atoms with Crippen molar-refractivity contribution in [2.45, 2.75) is 39.8 Å². The summed E-state index contributed by atoms with van der Waals surface area (Å²) >= 11 is 12.1. The van der Waals surface area contributed by atoms with E-state index >= 15 is 0 Å². The molecule has 10 heteroatoms. The van der Waals surface area contributed by atoms with E-state index in [0.29, 0.717) is 27.8 Å². The minimum atomic E-state index is -3.76. The van der Waals surface area contributed by atoms with Crippen LogP contribution in [0.25, 0.3) is 0 Å². The lowest BCUT2D eigenvalue weighted by Crippen LogP contribution is -2.51. The van der Waals surface area contributed by atoms with E-state index in [1.54, 1.807) is 44.2 Å². The average molecular weight is 514 g/mol. The second-order valence-electron chi connectivity index (χ2n) is 7.63. The highest BCUT2D eigenvalue weighted by Gasteiger charge is 2.30. The summed E-state index contributed by atoms with van der Waals surface area (Å²) < 4.78 is 26.1. The Kier molecular flexibility index (Phi) is 9.57. The van der Waals surface area contributed by atoms with Crippen LogP contribution in [-0.2, 0) is 32.6 Å². The van der Waals surface area contributed by atoms with Crippen LogP contribution in [0.5, 0.6) is 0 Å². The number of nitrogens with zero attached hydrogens (tertiary/aromatic N) is 2. The first kappa shape index (κ1) is 27.0. The van der Waals surface area contributed by atoms with E-state index in [1.165, 1.54) is 4.90 Å². The molecule has 0 spiro atoms. The van der Waals surface area contributed by atoms with Crippen molar-refractivity contribution < 1.29 is 18.0 Å². The molecule has 0 aliphatic carbocycles. The molecule has 0 saturated heterocycles. The van der Waals surface area contributed by atoms with Gasteiger partial charge in [0.05, 0.1) is 22.0 Å². The van der Waals surface area contributed by atoms with Crippen molar-refractivity contribution >= 4 is 50.7 Å². The number of hydrogen-bond acceptors (Lipinski definition) is 4. The smallest absolute Gasteiger partial charge is 0.244 e. The van der Waals surface area contributed by atoms with Crippen molar-refractivity contribution in [1.82, 2.24) is 10.2 Å². The van der Waals surface area contributed by atoms with E-state index in [9.17, 15) is 18.0 Å². The molecule has 0 aromatic heterocycles. The van der Waals surface area contributed by atoms with E-state index in [2.05, 4.69) is 5.32 Å². The average Bonchev–Trinajstić information content (AvgIpc) is 2.77. The van der Waals surface area contributed by atoms with E-state index in [-0.39, 0.29) is 12.5 Å². The van der Waals surface area contributed by atoms with Gasteiger partial charge in [0.1, 0.15) is 12.6 Å². The molecule has 2 amide bonds. The number of hydrogen-bond donors (Lipinski definition) is 1. The molecule has 2 aromatic carbocycles. The fourth-order valence-corrected chi connectivity index (χ4v) is 4.42. The molecule has 7 nitrogen and oxygen atoms in total. The molecule has 2 rings (SSSR count). The van der Waals surface area contributed by atoms with Crippen molar-refractivity contribution in [2.24, 2.45) is 0 Å². The predicted molar refractivity (Wildman–Crippen MR) is 133 cm³/mol. The van der Waals surface area contributed by atoms with Crippen molar-refractivity contribution in [3.05, 3.63) is 63.6 Å². The normalized spacial score (nSPS) is 12.2. The zero-order valence-electron chi connectivity index (χ0n) is 19.1. The largest absolute Gasteiger partial charge is 0.355 e. The molecule has 0 heterocycles. The van der Waals surface area contributed by atoms with Crippen LogP contribution in [0.1, 0.15) is 31.9 Å². The van der Waals surface area contributed by atoms with Gasteiger partial charge in [0, 0.05) is 13.1 Å². The highest BCUT2D eigenvalue weighted by Crippen LogP contribution is 2.24. The zero-order chi connectivity index (χ0) is 24.8. The first-order chi connectivity index (χ1) is 15.5. The summed E-state index contributed by atoms with van der Waals surface area (Å²) in [6.45, 7) is 5.38. The standard InChI is InChI=1S/C23H29Cl2N3O4S/c1-5-17-7-10-19(11-8-17)28(33(4,31)32)15-22(29)27(16(3)23(30)26-6-2)14-18-9-12-20(24)21(25)13-18/h7-13,16H,5-6,14-15H2,1-4H3,(H,26,30)/t16-/m0/s1. The van der Waals surface area contributed by atoms with Gasteiger partial charge in [0.25, 0.3) is 0 Å². The molecule has 0 aliphatic heterocycles. The number of amides is 2. The number of carbonyl (C=O) groups is 2. The quantitative estimate of drug-likeness (QED) is 0.522. The Balaban J connectivity index is 2.39. The Morgan fingerprint density at radius 3 is 2.12 bits per heavy atom. The number of nitrogens with one attached hydrogen (secondary N) is 1. The fourth-order valence-electron chi connectivity index (χ4n) is 3.25. The number of halogens is 2. The third kappa shape index (κ3) is 7.35. The third-order valence-electron chi connectivity index (χ3n) is 5.17. The van der Waals surface area contributed by atoms with Crippen LogP contribution in [-0.4, -0.2) is 50.5 Å². The summed E-state index contributed by atoms with van der Waals surface area (Å²) in [5.74, 6) is -0.867. The van der Waals surface area contributed by atoms with Gasteiger partial charge in [0.2, 0.25) is 21.8 Å². The maximum atomic E-state index is 13.4. The number of sulfonamides is 1. The van der Waals surface area contributed by atoms with Crippen LogP contribution in [0.15, 0.2) is 42.5 Å². The summed E-state index contributed by atoms with van der Waals surface area (Å²) in [6.07, 6.45) is 1.85. The van der Waals surface area contributed by atoms with Gasteiger partial charge in [-0.25, -0.2) is 8.42 Å². The number of rotatable bonds is 10. The van der Waals surface area contributed by atoms with E-state index in [1.807, 2.05) is 19.1 Å². The minimum absolute atomic E-state index is 0.0560. The SMILES string of the molecule is CCNC(=O)[C@H](C)N(Cc1ccc(Cl)c(Cl)c1)C(=O)CN(c1ccc(CC)cc1)S(C)(=O)=O. The minimum Gasteiger partial charge on any atom is -0.355 e. The summed E-state index contributed by atoms with van der Waals surface area (Å²) in [6, 6.07) is 11.1. The van der Waals surface area contributed by atoms with Crippen LogP contribution < -0.4 is 9.62 Å². The fraction of sp³-hybridized carbons (Fsp3) is 0.391. The van der Waals surface area contributed by atoms with Crippen molar-refractivity contribution in [3.63, 3.8) is 0 Å². The van der Waals surface area contributed by atoms with Gasteiger partial charge in [-0.3, -0.25) is 13.9 Å². The Morgan fingerprint density at radius 1 is 1.00 bits per heavy atom. The van der Waals surface area contributed by atoms with Gasteiger partial charge < -0.3 is 10.2 Å². The van der Waals surface area contributed by atoms with Crippen LogP contribution in [0.3, 0.4) is 0 Å². The molecule has 2 aromatic rings. The summed E-state index contributed by atoms with van der Waals surface area (Å²) in [5, 5.41) is 3.39. The molecule has 180 valence electrons. The lowest BCUT2D eigenvalue weighted by atomic mass is 10.1. The summed E-state index contributed by atoms with van der Waals surface area (Å²) in [4.78, 5) is 27.3. The molecule has 1 atom stereocenters. The highest BCUT2D eigenvalue weighted by molar-refractivity contribution is 7.92. The van der Waals surface area contributed by atoms with E-state index in [4.69, 9.17) is 23.2 Å². The Morgan fingerprint density at radius 2 is 1.61 bits per heavy atom. The number of benzene rings is 2. The number of carbonyl (C=O) groups excluding carboxylic acids is 2. The topological polar surface area (TPSA) is 86.8 Å². The molecule has 0 unspecified atom stereocenters. The molecule has 1 N–H and O–H groups in total. The molecule has 0 fully saturated rings. The summed E-state index contributed by atoms with van der Waals surface area (Å²) in [7, 11) is -3.76. The lowest BCUT2D eigenvalue weighted by molar-refractivity contribution is -0.139. The molecular weight excluding hydrogens is 485 g/mol. The lowest BCUT2D eigenvalue weighted by Gasteiger charge is -2.31. The van der Waals surface area contributed by atoms with Gasteiger partial charge in [0.15, 0.2) is 0 Å². The number of aryl methyl sites for hydroxylation is 1. The van der Waals surface area contributed by atoms with Crippen molar-refractivity contribution in [2.75, 3.05) is 23.7 Å². The predicted octanol–water partition coefficient (Wildman–Crippen LogP) is 3.88. The molecule has 33 heavy (non-hydrogen) atoms. The molecule has 0 aliphatic rings. The van der Waals surface area contributed by atoms with Crippen LogP contribution in [0.4, 0.5) is 5.69 Å².